The van der Waals surface area contributed by atoms with Crippen LogP contribution in [0.2, 0.25) is 5.15 Å². The molecule has 0 radical (unpaired) electrons. The SMILES string of the molecule is CCC(=O)c1ccccc1Nc1cc(Cl)ncc1C(F)(F)F. The number of carbonyl (C=O) groups excluding carboxylic acids is 1. The quantitative estimate of drug-likeness (QED) is 0.628. The van der Waals surface area contributed by atoms with Gasteiger partial charge in [0, 0.05) is 23.9 Å². The van der Waals surface area contributed by atoms with Crippen molar-refractivity contribution in [2.24, 2.45) is 0 Å². The van der Waals surface area contributed by atoms with E-state index in [0.29, 0.717) is 17.4 Å². The lowest BCUT2D eigenvalue weighted by Gasteiger charge is -2.16. The number of hydrogen-bond donors (Lipinski definition) is 1. The Labute approximate surface area is 130 Å². The van der Waals surface area contributed by atoms with Crippen LogP contribution in [0.1, 0.15) is 29.3 Å². The van der Waals surface area contributed by atoms with Gasteiger partial charge < -0.3 is 5.32 Å². The highest BCUT2D eigenvalue weighted by Gasteiger charge is 2.34. The summed E-state index contributed by atoms with van der Waals surface area (Å²) in [6.45, 7) is 1.68. The number of para-hydroxylation sites is 1. The second-order valence-corrected chi connectivity index (χ2v) is 4.88. The minimum absolute atomic E-state index is 0.0743. The van der Waals surface area contributed by atoms with Gasteiger partial charge in [-0.2, -0.15) is 13.2 Å². The van der Waals surface area contributed by atoms with Gasteiger partial charge in [0.05, 0.1) is 11.3 Å². The molecule has 0 bridgehead atoms. The van der Waals surface area contributed by atoms with Crippen LogP contribution in [0.15, 0.2) is 36.5 Å². The van der Waals surface area contributed by atoms with E-state index in [1.165, 1.54) is 6.07 Å². The largest absolute Gasteiger partial charge is 0.419 e. The maximum Gasteiger partial charge on any atom is 0.419 e. The van der Waals surface area contributed by atoms with Crippen molar-refractivity contribution >= 4 is 28.8 Å². The molecule has 2 rings (SSSR count). The van der Waals surface area contributed by atoms with Gasteiger partial charge in [-0.15, -0.1) is 0 Å². The molecule has 0 atom stereocenters. The molecule has 3 nitrogen and oxygen atoms in total. The van der Waals surface area contributed by atoms with E-state index in [0.717, 1.165) is 6.07 Å². The topological polar surface area (TPSA) is 42.0 Å². The molecule has 22 heavy (non-hydrogen) atoms. The van der Waals surface area contributed by atoms with Gasteiger partial charge in [-0.25, -0.2) is 4.98 Å². The monoisotopic (exact) mass is 328 g/mol. The van der Waals surface area contributed by atoms with Crippen LogP contribution in [0.25, 0.3) is 0 Å². The zero-order chi connectivity index (χ0) is 16.3. The number of rotatable bonds is 4. The minimum atomic E-state index is -4.58. The molecule has 0 fully saturated rings. The summed E-state index contributed by atoms with van der Waals surface area (Å²) in [4.78, 5) is 15.3. The molecule has 0 saturated heterocycles. The lowest BCUT2D eigenvalue weighted by Crippen LogP contribution is -2.11. The van der Waals surface area contributed by atoms with Crippen LogP contribution in [-0.4, -0.2) is 10.8 Å². The minimum Gasteiger partial charge on any atom is -0.354 e. The third-order valence-electron chi connectivity index (χ3n) is 2.99. The molecule has 1 N–H and O–H groups in total. The summed E-state index contributed by atoms with van der Waals surface area (Å²) in [5.41, 5.74) is -0.576. The summed E-state index contributed by atoms with van der Waals surface area (Å²) in [5, 5.41) is 2.56. The van der Waals surface area contributed by atoms with Gasteiger partial charge >= 0.3 is 6.18 Å². The Balaban J connectivity index is 2.48. The first-order chi connectivity index (χ1) is 10.3. The van der Waals surface area contributed by atoms with E-state index in [1.807, 2.05) is 0 Å². The van der Waals surface area contributed by atoms with Crippen LogP contribution in [0, 0.1) is 0 Å². The molecule has 116 valence electrons. The molecule has 0 aliphatic rings. The Hall–Kier alpha value is -2.08. The van der Waals surface area contributed by atoms with Gasteiger partial charge in [0.15, 0.2) is 5.78 Å². The fraction of sp³-hybridized carbons (Fsp3) is 0.200. The lowest BCUT2D eigenvalue weighted by molar-refractivity contribution is -0.137. The zero-order valence-electron chi connectivity index (χ0n) is 11.5. The maximum absolute atomic E-state index is 13.0. The fourth-order valence-corrected chi connectivity index (χ4v) is 2.09. The zero-order valence-corrected chi connectivity index (χ0v) is 12.3. The number of nitrogens with one attached hydrogen (secondary N) is 1. The first-order valence-corrected chi connectivity index (χ1v) is 6.82. The van der Waals surface area contributed by atoms with Crippen LogP contribution in [0.3, 0.4) is 0 Å². The van der Waals surface area contributed by atoms with Gasteiger partial charge in [-0.3, -0.25) is 4.79 Å². The molecule has 0 aliphatic heterocycles. The Bertz CT molecular complexity index is 701. The number of Topliss-reactive ketones (excluding diaryl/α,β-unsaturated/α-hetero) is 1. The van der Waals surface area contributed by atoms with Crippen molar-refractivity contribution in [3.8, 4) is 0 Å². The standard InChI is InChI=1S/C15H12ClF3N2O/c1-2-13(22)9-5-3-4-6-11(9)21-12-7-14(16)20-8-10(12)15(17,18)19/h3-8H,2H2,1H3,(H,20,21). The van der Waals surface area contributed by atoms with Gasteiger partial charge in [0.2, 0.25) is 0 Å². The number of halogens is 4. The summed E-state index contributed by atoms with van der Waals surface area (Å²) in [5.74, 6) is -0.170. The van der Waals surface area contributed by atoms with E-state index in [-0.39, 0.29) is 23.0 Å². The van der Waals surface area contributed by atoms with Crippen LogP contribution in [0.4, 0.5) is 24.5 Å². The molecular weight excluding hydrogens is 317 g/mol. The number of ketones is 1. The summed E-state index contributed by atoms with van der Waals surface area (Å²) >= 11 is 5.68. The molecule has 1 heterocycles. The normalized spacial score (nSPS) is 11.3. The molecule has 0 spiro atoms. The van der Waals surface area contributed by atoms with Crippen molar-refractivity contribution in [3.05, 3.63) is 52.8 Å². The van der Waals surface area contributed by atoms with E-state index in [9.17, 15) is 18.0 Å². The lowest BCUT2D eigenvalue weighted by atomic mass is 10.1. The van der Waals surface area contributed by atoms with Crippen LogP contribution in [-0.2, 0) is 6.18 Å². The molecule has 1 aromatic heterocycles. The fourth-order valence-electron chi connectivity index (χ4n) is 1.93. The average Bonchev–Trinajstić information content (AvgIpc) is 2.46. The van der Waals surface area contributed by atoms with Crippen LogP contribution >= 0.6 is 11.6 Å². The molecule has 0 aliphatic carbocycles. The molecular formula is C15H12ClF3N2O. The number of carbonyl (C=O) groups is 1. The van der Waals surface area contributed by atoms with E-state index < -0.39 is 11.7 Å². The first kappa shape index (κ1) is 16.3. The number of nitrogens with zero attached hydrogens (tertiary/aromatic N) is 1. The first-order valence-electron chi connectivity index (χ1n) is 6.45. The van der Waals surface area contributed by atoms with Gasteiger partial charge in [-0.05, 0) is 18.2 Å². The third kappa shape index (κ3) is 3.57. The average molecular weight is 329 g/mol. The van der Waals surface area contributed by atoms with Crippen LogP contribution in [0.5, 0.6) is 0 Å². The van der Waals surface area contributed by atoms with E-state index in [1.54, 1.807) is 25.1 Å². The van der Waals surface area contributed by atoms with E-state index in [4.69, 9.17) is 11.6 Å². The highest BCUT2D eigenvalue weighted by atomic mass is 35.5. The number of pyridine rings is 1. The second-order valence-electron chi connectivity index (χ2n) is 4.50. The molecule has 2 aromatic rings. The predicted molar refractivity (Wildman–Crippen MR) is 78.6 cm³/mol. The van der Waals surface area contributed by atoms with Crippen molar-refractivity contribution in [2.45, 2.75) is 19.5 Å². The van der Waals surface area contributed by atoms with Gasteiger partial charge in [0.1, 0.15) is 5.15 Å². The summed E-state index contributed by atoms with van der Waals surface area (Å²) in [6, 6.07) is 7.46. The van der Waals surface area contributed by atoms with E-state index in [2.05, 4.69) is 10.3 Å². The number of hydrogen-bond acceptors (Lipinski definition) is 3. The Morgan fingerprint density at radius 2 is 1.95 bits per heavy atom. The summed E-state index contributed by atoms with van der Waals surface area (Å²) in [7, 11) is 0. The predicted octanol–water partition coefficient (Wildman–Crippen LogP) is 5.09. The van der Waals surface area contributed by atoms with Crippen molar-refractivity contribution < 1.29 is 18.0 Å². The number of alkyl halides is 3. The Kier molecular flexibility index (Phi) is 4.71. The summed E-state index contributed by atoms with van der Waals surface area (Å²) < 4.78 is 39.1. The molecule has 1 aromatic carbocycles. The van der Waals surface area contributed by atoms with Crippen molar-refractivity contribution in [2.75, 3.05) is 5.32 Å². The second kappa shape index (κ2) is 6.36. The number of benzene rings is 1. The Morgan fingerprint density at radius 1 is 1.27 bits per heavy atom. The third-order valence-corrected chi connectivity index (χ3v) is 3.20. The van der Waals surface area contributed by atoms with Crippen molar-refractivity contribution in [1.29, 1.82) is 0 Å². The van der Waals surface area contributed by atoms with Crippen molar-refractivity contribution in [1.82, 2.24) is 4.98 Å². The number of anilines is 2. The van der Waals surface area contributed by atoms with Crippen LogP contribution < -0.4 is 5.32 Å². The molecule has 0 amide bonds. The highest BCUT2D eigenvalue weighted by molar-refractivity contribution is 6.29. The molecule has 0 unspecified atom stereocenters. The molecule has 7 heteroatoms. The highest BCUT2D eigenvalue weighted by Crippen LogP contribution is 2.37. The maximum atomic E-state index is 13.0. The number of aromatic nitrogens is 1. The van der Waals surface area contributed by atoms with Gasteiger partial charge in [-0.1, -0.05) is 30.7 Å². The van der Waals surface area contributed by atoms with E-state index >= 15 is 0 Å². The molecule has 0 saturated carbocycles. The Morgan fingerprint density at radius 3 is 2.59 bits per heavy atom. The van der Waals surface area contributed by atoms with Gasteiger partial charge in [0.25, 0.3) is 0 Å². The summed E-state index contributed by atoms with van der Waals surface area (Å²) in [6.07, 6.45) is -3.67. The smallest absolute Gasteiger partial charge is 0.354 e. The van der Waals surface area contributed by atoms with Crippen molar-refractivity contribution in [3.63, 3.8) is 0 Å².